The van der Waals surface area contributed by atoms with Crippen LogP contribution in [0.25, 0.3) is 22.3 Å². The van der Waals surface area contributed by atoms with E-state index < -0.39 is 18.7 Å². The molecule has 0 aromatic heterocycles. The first-order valence-electron chi connectivity index (χ1n) is 15.6. The van der Waals surface area contributed by atoms with Crippen LogP contribution in [0.4, 0.5) is 0 Å². The maximum atomic E-state index is 12.4. The van der Waals surface area contributed by atoms with E-state index in [9.17, 15) is 9.90 Å². The van der Waals surface area contributed by atoms with E-state index in [1.165, 1.54) is 17.5 Å². The first-order valence-corrected chi connectivity index (χ1v) is 15.6. The second-order valence-corrected chi connectivity index (χ2v) is 13.4. The summed E-state index contributed by atoms with van der Waals surface area (Å²) < 4.78 is 11.5. The summed E-state index contributed by atoms with van der Waals surface area (Å²) in [5.41, 5.74) is 7.67. The zero-order chi connectivity index (χ0) is 31.2. The number of fused-ring (bicyclic) bond motifs is 1. The predicted molar refractivity (Wildman–Crippen MR) is 174 cm³/mol. The summed E-state index contributed by atoms with van der Waals surface area (Å²) in [5, 5.41) is 21.9. The van der Waals surface area contributed by atoms with Crippen LogP contribution in [-0.2, 0) is 15.6 Å². The number of carbonyl (C=O) groups is 1. The summed E-state index contributed by atoms with van der Waals surface area (Å²) >= 11 is 0. The fourth-order valence-corrected chi connectivity index (χ4v) is 5.72. The Hall–Kier alpha value is -3.19. The highest BCUT2D eigenvalue weighted by Crippen LogP contribution is 2.47. The molecule has 3 aromatic carbocycles. The predicted octanol–water partition coefficient (Wildman–Crippen LogP) is 7.04. The average Bonchev–Trinajstić information content (AvgIpc) is 2.99. The van der Waals surface area contributed by atoms with Gasteiger partial charge in [-0.25, -0.2) is 4.79 Å². The number of unbranched alkanes of at least 4 members (excludes halogenated alkanes) is 1. The molecule has 0 amide bonds. The normalized spacial score (nSPS) is 16.0. The summed E-state index contributed by atoms with van der Waals surface area (Å²) in [6.45, 7) is 14.6. The molecule has 3 N–H and O–H groups in total. The summed E-state index contributed by atoms with van der Waals surface area (Å²) in [5.74, 6) is 0.336. The average molecular weight is 588 g/mol. The van der Waals surface area contributed by atoms with Gasteiger partial charge in [0.2, 0.25) is 0 Å². The van der Waals surface area contributed by atoms with Crippen LogP contribution in [-0.4, -0.2) is 54.7 Å². The molecule has 0 saturated heterocycles. The lowest BCUT2D eigenvalue weighted by Gasteiger charge is -2.42. The molecule has 0 bridgehead atoms. The van der Waals surface area contributed by atoms with Gasteiger partial charge in [0, 0.05) is 11.6 Å². The van der Waals surface area contributed by atoms with E-state index in [-0.39, 0.29) is 17.4 Å². The minimum Gasteiger partial charge on any atom is -0.493 e. The first kappa shape index (κ1) is 32.7. The van der Waals surface area contributed by atoms with Crippen LogP contribution in [0, 0.1) is 0 Å². The summed E-state index contributed by atoms with van der Waals surface area (Å²) in [7, 11) is 0. The number of hydrogen-bond donors (Lipinski definition) is 3. The topological polar surface area (TPSA) is 88.0 Å². The molecular weight excluding hydrogens is 538 g/mol. The highest BCUT2D eigenvalue weighted by molar-refractivity contribution is 5.90. The Morgan fingerprint density at radius 1 is 0.860 bits per heavy atom. The van der Waals surface area contributed by atoms with Crippen molar-refractivity contribution >= 4 is 5.97 Å². The van der Waals surface area contributed by atoms with Gasteiger partial charge in [-0.1, -0.05) is 77.9 Å². The molecule has 0 saturated carbocycles. The fraction of sp³-hybridized carbons (Fsp3) is 0.486. The smallest absolute Gasteiger partial charge is 0.338 e. The van der Waals surface area contributed by atoms with E-state index in [1.807, 2.05) is 12.1 Å². The quantitative estimate of drug-likeness (QED) is 0.147. The number of rotatable bonds is 13. The summed E-state index contributed by atoms with van der Waals surface area (Å²) in [6.07, 6.45) is 3.27. The Labute approximate surface area is 257 Å². The van der Waals surface area contributed by atoms with Crippen molar-refractivity contribution in [1.29, 1.82) is 0 Å². The molecule has 1 aliphatic carbocycles. The molecule has 1 unspecified atom stereocenters. The molecule has 0 fully saturated rings. The minimum absolute atomic E-state index is 0.0978. The number of benzene rings is 3. The first-order chi connectivity index (χ1) is 20.4. The van der Waals surface area contributed by atoms with E-state index in [2.05, 4.69) is 83.3 Å². The summed E-state index contributed by atoms with van der Waals surface area (Å²) in [6, 6.07) is 21.0. The molecule has 0 aliphatic heterocycles. The van der Waals surface area contributed by atoms with Crippen molar-refractivity contribution in [3.63, 3.8) is 0 Å². The minimum atomic E-state index is -1.08. The van der Waals surface area contributed by atoms with Crippen LogP contribution < -0.4 is 10.1 Å². The highest BCUT2D eigenvalue weighted by Gasteiger charge is 2.37. The number of nitrogens with one attached hydrogen (secondary N) is 1. The molecule has 232 valence electrons. The van der Waals surface area contributed by atoms with Gasteiger partial charge in [0.25, 0.3) is 0 Å². The van der Waals surface area contributed by atoms with Gasteiger partial charge >= 0.3 is 5.97 Å². The lowest BCUT2D eigenvalue weighted by Crippen LogP contribution is -2.33. The van der Waals surface area contributed by atoms with Gasteiger partial charge in [0.1, 0.15) is 18.5 Å². The number of carbonyl (C=O) groups excluding carboxylic acids is 1. The van der Waals surface area contributed by atoms with Crippen LogP contribution in [0.3, 0.4) is 0 Å². The van der Waals surface area contributed by atoms with Crippen LogP contribution in [0.2, 0.25) is 0 Å². The molecular formula is C37H49NO5. The third-order valence-corrected chi connectivity index (χ3v) is 8.60. The summed E-state index contributed by atoms with van der Waals surface area (Å²) in [4.78, 5) is 12.4. The number of aliphatic hydroxyl groups is 2. The molecule has 1 atom stereocenters. The number of esters is 1. The molecule has 4 rings (SSSR count). The zero-order valence-electron chi connectivity index (χ0n) is 26.7. The van der Waals surface area contributed by atoms with Gasteiger partial charge in [-0.2, -0.15) is 0 Å². The standard InChI is InChI=1S/C37H49NO5/c1-25(2)38-19-7-8-20-42-34-16-14-28(26-9-11-27(12-10-26)35(41)43-24-30(40)23-39)21-31(34)29-13-15-32-33(22-29)37(5,6)18-17-36(32,3)4/h9-16,21-22,25,30,38-40H,7-8,17-20,23-24H2,1-6H3. The third-order valence-electron chi connectivity index (χ3n) is 8.60. The monoisotopic (exact) mass is 587 g/mol. The largest absolute Gasteiger partial charge is 0.493 e. The fourth-order valence-electron chi connectivity index (χ4n) is 5.72. The molecule has 0 radical (unpaired) electrons. The van der Waals surface area contributed by atoms with Gasteiger partial charge in [-0.3, -0.25) is 0 Å². The molecule has 3 aromatic rings. The van der Waals surface area contributed by atoms with E-state index >= 15 is 0 Å². The molecule has 43 heavy (non-hydrogen) atoms. The third kappa shape index (κ3) is 8.26. The second kappa shape index (κ2) is 14.1. The van der Waals surface area contributed by atoms with Crippen molar-refractivity contribution in [2.45, 2.75) is 90.2 Å². The van der Waals surface area contributed by atoms with E-state index in [4.69, 9.17) is 14.6 Å². The van der Waals surface area contributed by atoms with Crippen molar-refractivity contribution in [3.8, 4) is 28.0 Å². The Kier molecular flexibility index (Phi) is 10.7. The van der Waals surface area contributed by atoms with Crippen molar-refractivity contribution in [2.24, 2.45) is 0 Å². The van der Waals surface area contributed by atoms with Crippen LogP contribution in [0.5, 0.6) is 5.75 Å². The SMILES string of the molecule is CC(C)NCCCCOc1ccc(-c2ccc(C(=O)OCC(O)CO)cc2)cc1-c1ccc2c(c1)C(C)(C)CCC2(C)C. The van der Waals surface area contributed by atoms with Gasteiger partial charge in [0.05, 0.1) is 18.8 Å². The van der Waals surface area contributed by atoms with Crippen molar-refractivity contribution < 1.29 is 24.5 Å². The molecule has 6 nitrogen and oxygen atoms in total. The Balaban J connectivity index is 1.63. The zero-order valence-corrected chi connectivity index (χ0v) is 26.7. The van der Waals surface area contributed by atoms with E-state index in [0.29, 0.717) is 18.2 Å². The molecule has 0 heterocycles. The maximum Gasteiger partial charge on any atom is 0.338 e. The lowest BCUT2D eigenvalue weighted by atomic mass is 9.63. The Bertz CT molecular complexity index is 1380. The van der Waals surface area contributed by atoms with Crippen LogP contribution in [0.15, 0.2) is 60.7 Å². The number of hydrogen-bond acceptors (Lipinski definition) is 6. The van der Waals surface area contributed by atoms with Crippen molar-refractivity contribution in [3.05, 3.63) is 77.4 Å². The molecule has 0 spiro atoms. The van der Waals surface area contributed by atoms with Crippen molar-refractivity contribution in [1.82, 2.24) is 5.32 Å². The van der Waals surface area contributed by atoms with E-state index in [0.717, 1.165) is 53.8 Å². The van der Waals surface area contributed by atoms with Crippen LogP contribution in [0.1, 0.15) is 88.7 Å². The van der Waals surface area contributed by atoms with Crippen molar-refractivity contribution in [2.75, 3.05) is 26.4 Å². The second-order valence-electron chi connectivity index (χ2n) is 13.4. The van der Waals surface area contributed by atoms with Gasteiger partial charge < -0.3 is 25.0 Å². The molecule has 6 heteroatoms. The van der Waals surface area contributed by atoms with Gasteiger partial charge in [-0.15, -0.1) is 0 Å². The Morgan fingerprint density at radius 2 is 1.51 bits per heavy atom. The molecule has 1 aliphatic rings. The van der Waals surface area contributed by atoms with E-state index in [1.54, 1.807) is 12.1 Å². The Morgan fingerprint density at radius 3 is 2.19 bits per heavy atom. The van der Waals surface area contributed by atoms with Gasteiger partial charge in [-0.05, 0) is 95.1 Å². The maximum absolute atomic E-state index is 12.4. The lowest BCUT2D eigenvalue weighted by molar-refractivity contribution is 0.00933. The van der Waals surface area contributed by atoms with Crippen LogP contribution >= 0.6 is 0 Å². The highest BCUT2D eigenvalue weighted by atomic mass is 16.5. The van der Waals surface area contributed by atoms with Gasteiger partial charge in [0.15, 0.2) is 0 Å². The number of ether oxygens (including phenoxy) is 2. The number of aliphatic hydroxyl groups excluding tert-OH is 2.